The molecule has 2 aromatic carbocycles. The Balaban J connectivity index is 1.71. The van der Waals surface area contributed by atoms with E-state index in [9.17, 15) is 4.79 Å². The lowest BCUT2D eigenvalue weighted by atomic mass is 10.1. The summed E-state index contributed by atoms with van der Waals surface area (Å²) in [6.45, 7) is 4.51. The van der Waals surface area contributed by atoms with E-state index in [0.29, 0.717) is 23.9 Å². The Morgan fingerprint density at radius 2 is 1.70 bits per heavy atom. The van der Waals surface area contributed by atoms with E-state index in [4.69, 9.17) is 4.74 Å². The SMILES string of the molecule is CCOc1ccccc1NC(=O)c1cnc(Nc2ccccc2CC)cn1. The maximum Gasteiger partial charge on any atom is 0.275 e. The molecule has 6 nitrogen and oxygen atoms in total. The lowest BCUT2D eigenvalue weighted by Crippen LogP contribution is -2.15. The van der Waals surface area contributed by atoms with Gasteiger partial charge in [0.1, 0.15) is 17.3 Å². The predicted molar refractivity (Wildman–Crippen MR) is 107 cm³/mol. The molecular formula is C21H22N4O2. The van der Waals surface area contributed by atoms with Crippen LogP contribution < -0.4 is 15.4 Å². The second kappa shape index (κ2) is 8.80. The summed E-state index contributed by atoms with van der Waals surface area (Å²) in [7, 11) is 0. The van der Waals surface area contributed by atoms with Crippen LogP contribution in [0.2, 0.25) is 0 Å². The van der Waals surface area contributed by atoms with Gasteiger partial charge < -0.3 is 15.4 Å². The minimum absolute atomic E-state index is 0.232. The molecule has 0 aliphatic rings. The van der Waals surface area contributed by atoms with Crippen LogP contribution in [0.15, 0.2) is 60.9 Å². The zero-order chi connectivity index (χ0) is 19.1. The first kappa shape index (κ1) is 18.4. The Morgan fingerprint density at radius 3 is 2.41 bits per heavy atom. The molecule has 3 rings (SSSR count). The van der Waals surface area contributed by atoms with E-state index in [1.54, 1.807) is 12.3 Å². The zero-order valence-electron chi connectivity index (χ0n) is 15.4. The summed E-state index contributed by atoms with van der Waals surface area (Å²) < 4.78 is 5.52. The number of aromatic nitrogens is 2. The molecule has 1 heterocycles. The molecular weight excluding hydrogens is 340 g/mol. The number of carbonyl (C=O) groups is 1. The third-order valence-electron chi connectivity index (χ3n) is 3.98. The van der Waals surface area contributed by atoms with Gasteiger partial charge in [0, 0.05) is 5.69 Å². The molecule has 0 unspecified atom stereocenters. The summed E-state index contributed by atoms with van der Waals surface area (Å²) in [5.41, 5.74) is 3.01. The normalized spacial score (nSPS) is 10.3. The van der Waals surface area contributed by atoms with E-state index >= 15 is 0 Å². The molecule has 0 aliphatic heterocycles. The highest BCUT2D eigenvalue weighted by Crippen LogP contribution is 2.24. The van der Waals surface area contributed by atoms with Crippen LogP contribution in [-0.2, 0) is 6.42 Å². The fourth-order valence-electron chi connectivity index (χ4n) is 2.64. The smallest absolute Gasteiger partial charge is 0.275 e. The van der Waals surface area contributed by atoms with Crippen molar-refractivity contribution in [3.05, 3.63) is 72.2 Å². The Bertz CT molecular complexity index is 910. The highest BCUT2D eigenvalue weighted by Gasteiger charge is 2.12. The number of rotatable bonds is 7. The summed E-state index contributed by atoms with van der Waals surface area (Å²) in [6, 6.07) is 15.3. The van der Waals surface area contributed by atoms with Gasteiger partial charge in [-0.2, -0.15) is 0 Å². The number of para-hydroxylation sites is 3. The summed E-state index contributed by atoms with van der Waals surface area (Å²) >= 11 is 0. The Kier molecular flexibility index (Phi) is 5.99. The number of amides is 1. The van der Waals surface area contributed by atoms with Crippen LogP contribution in [0, 0.1) is 0 Å². The van der Waals surface area contributed by atoms with E-state index in [1.807, 2.05) is 43.3 Å². The van der Waals surface area contributed by atoms with Crippen molar-refractivity contribution in [3.63, 3.8) is 0 Å². The Labute approximate surface area is 158 Å². The first-order valence-electron chi connectivity index (χ1n) is 8.91. The molecule has 27 heavy (non-hydrogen) atoms. The van der Waals surface area contributed by atoms with Gasteiger partial charge in [0.2, 0.25) is 0 Å². The van der Waals surface area contributed by atoms with Gasteiger partial charge in [-0.1, -0.05) is 37.3 Å². The summed E-state index contributed by atoms with van der Waals surface area (Å²) in [4.78, 5) is 21.0. The van der Waals surface area contributed by atoms with Gasteiger partial charge in [0.15, 0.2) is 0 Å². The maximum absolute atomic E-state index is 12.5. The predicted octanol–water partition coefficient (Wildman–Crippen LogP) is 4.43. The first-order valence-corrected chi connectivity index (χ1v) is 8.91. The van der Waals surface area contributed by atoms with Gasteiger partial charge >= 0.3 is 0 Å². The number of hydrogen-bond acceptors (Lipinski definition) is 5. The van der Waals surface area contributed by atoms with E-state index in [-0.39, 0.29) is 11.6 Å². The largest absolute Gasteiger partial charge is 0.492 e. The molecule has 0 spiro atoms. The highest BCUT2D eigenvalue weighted by atomic mass is 16.5. The van der Waals surface area contributed by atoms with Crippen molar-refractivity contribution in [2.45, 2.75) is 20.3 Å². The molecule has 6 heteroatoms. The van der Waals surface area contributed by atoms with Crippen LogP contribution in [0.1, 0.15) is 29.9 Å². The fraction of sp³-hybridized carbons (Fsp3) is 0.190. The number of nitrogens with one attached hydrogen (secondary N) is 2. The van der Waals surface area contributed by atoms with Crippen LogP contribution in [0.4, 0.5) is 17.2 Å². The fourth-order valence-corrected chi connectivity index (χ4v) is 2.64. The minimum Gasteiger partial charge on any atom is -0.492 e. The number of aryl methyl sites for hydroxylation is 1. The van der Waals surface area contributed by atoms with Crippen molar-refractivity contribution in [1.82, 2.24) is 9.97 Å². The number of benzene rings is 2. The quantitative estimate of drug-likeness (QED) is 0.650. The van der Waals surface area contributed by atoms with Crippen LogP contribution in [0.25, 0.3) is 0 Å². The molecule has 0 aliphatic carbocycles. The van der Waals surface area contributed by atoms with Crippen molar-refractivity contribution in [2.75, 3.05) is 17.2 Å². The topological polar surface area (TPSA) is 76.1 Å². The van der Waals surface area contributed by atoms with E-state index in [1.165, 1.54) is 11.8 Å². The molecule has 0 fully saturated rings. The number of carbonyl (C=O) groups excluding carboxylic acids is 1. The van der Waals surface area contributed by atoms with Crippen molar-refractivity contribution in [2.24, 2.45) is 0 Å². The van der Waals surface area contributed by atoms with Crippen molar-refractivity contribution >= 4 is 23.1 Å². The third kappa shape index (κ3) is 4.61. The molecule has 0 saturated heterocycles. The first-order chi connectivity index (χ1) is 13.2. The Morgan fingerprint density at radius 1 is 0.963 bits per heavy atom. The van der Waals surface area contributed by atoms with E-state index in [0.717, 1.165) is 12.1 Å². The second-order valence-electron chi connectivity index (χ2n) is 5.81. The number of ether oxygens (including phenoxy) is 1. The molecule has 1 aromatic heterocycles. The monoisotopic (exact) mass is 362 g/mol. The van der Waals surface area contributed by atoms with Crippen molar-refractivity contribution < 1.29 is 9.53 Å². The number of nitrogens with zero attached hydrogens (tertiary/aromatic N) is 2. The van der Waals surface area contributed by atoms with Crippen LogP contribution in [0.3, 0.4) is 0 Å². The molecule has 0 saturated carbocycles. The average molecular weight is 362 g/mol. The van der Waals surface area contributed by atoms with Gasteiger partial charge in [-0.05, 0) is 37.1 Å². The van der Waals surface area contributed by atoms with Crippen LogP contribution >= 0.6 is 0 Å². The number of hydrogen-bond donors (Lipinski definition) is 2. The zero-order valence-corrected chi connectivity index (χ0v) is 15.4. The minimum atomic E-state index is -0.338. The van der Waals surface area contributed by atoms with Gasteiger partial charge in [0.25, 0.3) is 5.91 Å². The standard InChI is InChI=1S/C21H22N4O2/c1-3-15-9-5-6-10-16(15)24-20-14-22-18(13-23-20)21(26)25-17-11-7-8-12-19(17)27-4-2/h5-14H,3-4H2,1-2H3,(H,23,24)(H,25,26). The third-order valence-corrected chi connectivity index (χ3v) is 3.98. The molecule has 3 aromatic rings. The van der Waals surface area contributed by atoms with Gasteiger partial charge in [0.05, 0.1) is 24.7 Å². The summed E-state index contributed by atoms with van der Waals surface area (Å²) in [6.07, 6.45) is 3.92. The lowest BCUT2D eigenvalue weighted by Gasteiger charge is -2.12. The molecule has 0 radical (unpaired) electrons. The van der Waals surface area contributed by atoms with Gasteiger partial charge in [-0.3, -0.25) is 4.79 Å². The lowest BCUT2D eigenvalue weighted by molar-refractivity contribution is 0.102. The number of anilines is 3. The van der Waals surface area contributed by atoms with E-state index in [2.05, 4.69) is 33.6 Å². The second-order valence-corrected chi connectivity index (χ2v) is 5.81. The van der Waals surface area contributed by atoms with Crippen LogP contribution in [-0.4, -0.2) is 22.5 Å². The van der Waals surface area contributed by atoms with Gasteiger partial charge in [-0.15, -0.1) is 0 Å². The molecule has 0 atom stereocenters. The van der Waals surface area contributed by atoms with E-state index < -0.39 is 0 Å². The summed E-state index contributed by atoms with van der Waals surface area (Å²) in [5.74, 6) is 0.869. The van der Waals surface area contributed by atoms with Gasteiger partial charge in [-0.25, -0.2) is 9.97 Å². The average Bonchev–Trinajstić information content (AvgIpc) is 2.70. The summed E-state index contributed by atoms with van der Waals surface area (Å²) in [5, 5.41) is 6.05. The maximum atomic E-state index is 12.5. The van der Waals surface area contributed by atoms with Crippen LogP contribution in [0.5, 0.6) is 5.75 Å². The van der Waals surface area contributed by atoms with Crippen molar-refractivity contribution in [3.8, 4) is 5.75 Å². The Hall–Kier alpha value is -3.41. The molecule has 0 bridgehead atoms. The molecule has 138 valence electrons. The highest BCUT2D eigenvalue weighted by molar-refractivity contribution is 6.03. The molecule has 2 N–H and O–H groups in total. The molecule has 1 amide bonds. The van der Waals surface area contributed by atoms with Crippen molar-refractivity contribution in [1.29, 1.82) is 0 Å².